The van der Waals surface area contributed by atoms with Crippen LogP contribution in [0.3, 0.4) is 0 Å². The number of hydrogen-bond donors (Lipinski definition) is 2. The molecule has 0 saturated heterocycles. The second-order valence-corrected chi connectivity index (χ2v) is 4.02. The Morgan fingerprint density at radius 2 is 1.90 bits per heavy atom. The van der Waals surface area contributed by atoms with Crippen LogP contribution in [0.4, 0.5) is 25.8 Å². The maximum absolute atomic E-state index is 13.5. The van der Waals surface area contributed by atoms with Gasteiger partial charge < -0.3 is 10.4 Å². The molecule has 0 radical (unpaired) electrons. The Balaban J connectivity index is 2.46. The molecule has 0 unspecified atom stereocenters. The molecular weight excluding hydrogens is 286 g/mol. The Kier molecular flexibility index (Phi) is 3.79. The third-order valence-corrected chi connectivity index (χ3v) is 2.66. The molecule has 0 amide bonds. The van der Waals surface area contributed by atoms with E-state index in [4.69, 9.17) is 5.11 Å². The van der Waals surface area contributed by atoms with Gasteiger partial charge in [0, 0.05) is 6.07 Å². The van der Waals surface area contributed by atoms with Gasteiger partial charge in [-0.15, -0.1) is 0 Å². The first kappa shape index (κ1) is 14.4. The lowest BCUT2D eigenvalue weighted by Crippen LogP contribution is -2.03. The minimum atomic E-state index is -1.33. The van der Waals surface area contributed by atoms with Crippen molar-refractivity contribution in [2.75, 3.05) is 5.32 Å². The molecule has 0 spiro atoms. The zero-order valence-electron chi connectivity index (χ0n) is 10.3. The van der Waals surface area contributed by atoms with E-state index < -0.39 is 28.2 Å². The van der Waals surface area contributed by atoms with Crippen LogP contribution in [-0.2, 0) is 0 Å². The average molecular weight is 294 g/mol. The van der Waals surface area contributed by atoms with Crippen molar-refractivity contribution in [3.63, 3.8) is 0 Å². The molecule has 0 aliphatic heterocycles. The molecule has 2 rings (SSSR count). The van der Waals surface area contributed by atoms with E-state index in [1.807, 2.05) is 0 Å². The van der Waals surface area contributed by atoms with Crippen LogP contribution in [-0.4, -0.2) is 16.0 Å². The Bertz CT molecular complexity index is 734. The summed E-state index contributed by atoms with van der Waals surface area (Å²) in [6.45, 7) is 0. The number of carboxylic acids is 1. The number of hydrogen-bond acceptors (Lipinski definition) is 4. The molecule has 0 aliphatic carbocycles. The van der Waals surface area contributed by atoms with Gasteiger partial charge in [0.1, 0.15) is 5.69 Å². The van der Waals surface area contributed by atoms with Crippen molar-refractivity contribution in [3.05, 3.63) is 63.7 Å². The molecule has 2 aromatic rings. The van der Waals surface area contributed by atoms with Gasteiger partial charge in [0.25, 0.3) is 5.69 Å². The Labute approximate surface area is 116 Å². The van der Waals surface area contributed by atoms with Crippen molar-refractivity contribution in [1.82, 2.24) is 0 Å². The predicted octanol–water partition coefficient (Wildman–Crippen LogP) is 3.31. The monoisotopic (exact) mass is 294 g/mol. The summed E-state index contributed by atoms with van der Waals surface area (Å²) < 4.78 is 26.6. The first-order chi connectivity index (χ1) is 9.90. The van der Waals surface area contributed by atoms with Crippen LogP contribution in [0.1, 0.15) is 10.4 Å². The normalized spacial score (nSPS) is 10.2. The van der Waals surface area contributed by atoms with Gasteiger partial charge in [0.05, 0.1) is 16.2 Å². The molecule has 0 atom stereocenters. The summed E-state index contributed by atoms with van der Waals surface area (Å²) >= 11 is 0. The number of aromatic carboxylic acids is 1. The first-order valence-corrected chi connectivity index (χ1v) is 5.63. The molecule has 0 aliphatic rings. The molecule has 0 heterocycles. The number of nitro benzene ring substituents is 1. The Hall–Kier alpha value is -3.03. The first-order valence-electron chi connectivity index (χ1n) is 5.63. The number of benzene rings is 2. The van der Waals surface area contributed by atoms with E-state index in [1.165, 1.54) is 12.1 Å². The van der Waals surface area contributed by atoms with Gasteiger partial charge in [-0.1, -0.05) is 6.07 Å². The number of nitrogens with one attached hydrogen (secondary N) is 1. The zero-order valence-corrected chi connectivity index (χ0v) is 10.3. The van der Waals surface area contributed by atoms with E-state index in [1.54, 1.807) is 0 Å². The second-order valence-electron chi connectivity index (χ2n) is 4.02. The quantitative estimate of drug-likeness (QED) is 0.666. The van der Waals surface area contributed by atoms with Gasteiger partial charge in [-0.2, -0.15) is 0 Å². The van der Waals surface area contributed by atoms with Crippen molar-refractivity contribution in [2.45, 2.75) is 0 Å². The van der Waals surface area contributed by atoms with Crippen molar-refractivity contribution in [1.29, 1.82) is 0 Å². The minimum Gasteiger partial charge on any atom is -0.478 e. The smallest absolute Gasteiger partial charge is 0.335 e. The lowest BCUT2D eigenvalue weighted by molar-refractivity contribution is -0.383. The summed E-state index contributed by atoms with van der Waals surface area (Å²) in [6, 6.07) is 6.41. The van der Waals surface area contributed by atoms with Gasteiger partial charge in [-0.25, -0.2) is 13.6 Å². The maximum Gasteiger partial charge on any atom is 0.335 e. The zero-order chi connectivity index (χ0) is 15.6. The lowest BCUT2D eigenvalue weighted by atomic mass is 10.1. The number of carbonyl (C=O) groups is 1. The number of rotatable bonds is 4. The van der Waals surface area contributed by atoms with E-state index in [-0.39, 0.29) is 16.9 Å². The number of nitrogens with zero attached hydrogens (tertiary/aromatic N) is 1. The highest BCUT2D eigenvalue weighted by molar-refractivity contribution is 5.90. The molecule has 6 nitrogen and oxygen atoms in total. The summed E-state index contributed by atoms with van der Waals surface area (Å²) in [4.78, 5) is 20.9. The van der Waals surface area contributed by atoms with Crippen LogP contribution >= 0.6 is 0 Å². The standard InChI is InChI=1S/C13H8F2N2O4/c14-8-2-1-3-10(12(8)15)16-9-5-4-7(13(18)19)6-11(9)17(20)21/h1-6,16H,(H,18,19). The van der Waals surface area contributed by atoms with E-state index in [9.17, 15) is 23.7 Å². The fourth-order valence-electron chi connectivity index (χ4n) is 1.67. The van der Waals surface area contributed by atoms with Crippen molar-refractivity contribution < 1.29 is 23.6 Å². The third kappa shape index (κ3) is 2.94. The number of nitro groups is 1. The summed E-state index contributed by atoms with van der Waals surface area (Å²) in [5.41, 5.74) is -1.28. The molecule has 2 N–H and O–H groups in total. The van der Waals surface area contributed by atoms with Gasteiger partial charge in [0.15, 0.2) is 11.6 Å². The number of halogens is 2. The maximum atomic E-state index is 13.5. The number of carboxylic acid groups (broad SMARTS) is 1. The van der Waals surface area contributed by atoms with Crippen LogP contribution in [0.5, 0.6) is 0 Å². The highest BCUT2D eigenvalue weighted by Crippen LogP contribution is 2.30. The van der Waals surface area contributed by atoms with Gasteiger partial charge in [0.2, 0.25) is 0 Å². The SMILES string of the molecule is O=C(O)c1ccc(Nc2cccc(F)c2F)c([N+](=O)[O-])c1. The minimum absolute atomic E-state index is 0.144. The largest absolute Gasteiger partial charge is 0.478 e. The van der Waals surface area contributed by atoms with E-state index in [0.29, 0.717) is 0 Å². The highest BCUT2D eigenvalue weighted by atomic mass is 19.2. The topological polar surface area (TPSA) is 92.5 Å². The van der Waals surface area contributed by atoms with Gasteiger partial charge >= 0.3 is 5.97 Å². The van der Waals surface area contributed by atoms with Crippen molar-refractivity contribution in [2.24, 2.45) is 0 Å². The second kappa shape index (κ2) is 5.53. The van der Waals surface area contributed by atoms with Crippen LogP contribution in [0.15, 0.2) is 36.4 Å². The van der Waals surface area contributed by atoms with Crippen LogP contribution in [0.25, 0.3) is 0 Å². The molecule has 0 aromatic heterocycles. The third-order valence-electron chi connectivity index (χ3n) is 2.66. The fourth-order valence-corrected chi connectivity index (χ4v) is 1.67. The van der Waals surface area contributed by atoms with Crippen LogP contribution < -0.4 is 5.32 Å². The Morgan fingerprint density at radius 3 is 2.52 bits per heavy atom. The molecule has 21 heavy (non-hydrogen) atoms. The average Bonchev–Trinajstić information content (AvgIpc) is 2.43. The Morgan fingerprint density at radius 1 is 1.19 bits per heavy atom. The fraction of sp³-hybridized carbons (Fsp3) is 0. The number of anilines is 2. The predicted molar refractivity (Wildman–Crippen MR) is 69.7 cm³/mol. The molecule has 0 bridgehead atoms. The van der Waals surface area contributed by atoms with Crippen molar-refractivity contribution >= 4 is 23.0 Å². The van der Waals surface area contributed by atoms with E-state index in [2.05, 4.69) is 5.32 Å². The lowest BCUT2D eigenvalue weighted by Gasteiger charge is -2.09. The molecule has 108 valence electrons. The van der Waals surface area contributed by atoms with Crippen molar-refractivity contribution in [3.8, 4) is 0 Å². The summed E-state index contributed by atoms with van der Waals surface area (Å²) in [5, 5.41) is 22.1. The van der Waals surface area contributed by atoms with E-state index in [0.717, 1.165) is 24.3 Å². The molecule has 0 fully saturated rings. The molecular formula is C13H8F2N2O4. The van der Waals surface area contributed by atoms with E-state index >= 15 is 0 Å². The molecule has 8 heteroatoms. The van der Waals surface area contributed by atoms with Crippen LogP contribution in [0.2, 0.25) is 0 Å². The summed E-state index contributed by atoms with van der Waals surface area (Å²) in [5.74, 6) is -3.62. The van der Waals surface area contributed by atoms with Gasteiger partial charge in [-0.3, -0.25) is 10.1 Å². The summed E-state index contributed by atoms with van der Waals surface area (Å²) in [6.07, 6.45) is 0. The summed E-state index contributed by atoms with van der Waals surface area (Å²) in [7, 11) is 0. The highest BCUT2D eigenvalue weighted by Gasteiger charge is 2.19. The molecule has 2 aromatic carbocycles. The molecule has 0 saturated carbocycles. The van der Waals surface area contributed by atoms with Crippen LogP contribution in [0, 0.1) is 21.7 Å². The van der Waals surface area contributed by atoms with Gasteiger partial charge in [-0.05, 0) is 24.3 Å².